The van der Waals surface area contributed by atoms with Crippen LogP contribution in [-0.2, 0) is 5.41 Å². The van der Waals surface area contributed by atoms with Crippen LogP contribution in [0, 0.1) is 5.41 Å². The summed E-state index contributed by atoms with van der Waals surface area (Å²) in [5.74, 6) is 0. The van der Waals surface area contributed by atoms with E-state index in [1.54, 1.807) is 0 Å². The molecule has 1 fully saturated rings. The predicted molar refractivity (Wildman–Crippen MR) is 88.6 cm³/mol. The van der Waals surface area contributed by atoms with Crippen molar-refractivity contribution in [3.8, 4) is 0 Å². The first-order valence-corrected chi connectivity index (χ1v) is 7.77. The first-order valence-electron chi connectivity index (χ1n) is 7.77. The van der Waals surface area contributed by atoms with Crippen molar-refractivity contribution in [3.63, 3.8) is 0 Å². The molecule has 1 atom stereocenters. The van der Waals surface area contributed by atoms with Crippen LogP contribution in [0.4, 0.5) is 5.69 Å². The van der Waals surface area contributed by atoms with Gasteiger partial charge in [0.15, 0.2) is 0 Å². The first kappa shape index (κ1) is 15.4. The number of hydrogen-bond acceptors (Lipinski definition) is 2. The SMILES string of the molecule is CC(C)(C)c1ccccc1N1CCNC(C(C)(C)C)C1. The lowest BCUT2D eigenvalue weighted by molar-refractivity contribution is 0.253. The molecule has 1 aliphatic heterocycles. The number of para-hydroxylation sites is 1. The van der Waals surface area contributed by atoms with E-state index < -0.39 is 0 Å². The molecule has 2 rings (SSSR count). The van der Waals surface area contributed by atoms with Gasteiger partial charge in [-0.15, -0.1) is 0 Å². The van der Waals surface area contributed by atoms with Crippen molar-refractivity contribution in [2.24, 2.45) is 5.41 Å². The van der Waals surface area contributed by atoms with Gasteiger partial charge in [0.25, 0.3) is 0 Å². The van der Waals surface area contributed by atoms with Crippen LogP contribution in [0.15, 0.2) is 24.3 Å². The molecule has 0 spiro atoms. The number of hydrogen-bond donors (Lipinski definition) is 1. The Kier molecular flexibility index (Phi) is 4.15. The van der Waals surface area contributed by atoms with E-state index in [2.05, 4.69) is 76.0 Å². The third-order valence-electron chi connectivity index (χ3n) is 4.27. The fraction of sp³-hybridized carbons (Fsp3) is 0.667. The highest BCUT2D eigenvalue weighted by Gasteiger charge is 2.31. The van der Waals surface area contributed by atoms with E-state index in [4.69, 9.17) is 0 Å². The summed E-state index contributed by atoms with van der Waals surface area (Å²) in [5.41, 5.74) is 3.36. The van der Waals surface area contributed by atoms with Crippen LogP contribution in [0.25, 0.3) is 0 Å². The van der Waals surface area contributed by atoms with Gasteiger partial charge < -0.3 is 10.2 Å². The summed E-state index contributed by atoms with van der Waals surface area (Å²) in [5, 5.41) is 3.68. The van der Waals surface area contributed by atoms with E-state index >= 15 is 0 Å². The van der Waals surface area contributed by atoms with Crippen LogP contribution < -0.4 is 10.2 Å². The van der Waals surface area contributed by atoms with E-state index in [0.29, 0.717) is 11.5 Å². The molecule has 1 saturated heterocycles. The van der Waals surface area contributed by atoms with Gasteiger partial charge >= 0.3 is 0 Å². The van der Waals surface area contributed by atoms with Gasteiger partial charge in [-0.25, -0.2) is 0 Å². The van der Waals surface area contributed by atoms with Crippen molar-refractivity contribution in [3.05, 3.63) is 29.8 Å². The van der Waals surface area contributed by atoms with E-state index in [9.17, 15) is 0 Å². The summed E-state index contributed by atoms with van der Waals surface area (Å²) in [6.45, 7) is 17.1. The van der Waals surface area contributed by atoms with E-state index in [-0.39, 0.29) is 5.41 Å². The number of anilines is 1. The van der Waals surface area contributed by atoms with Gasteiger partial charge in [0, 0.05) is 31.4 Å². The highest BCUT2D eigenvalue weighted by Crippen LogP contribution is 2.33. The normalized spacial score (nSPS) is 21.1. The highest BCUT2D eigenvalue weighted by molar-refractivity contribution is 5.57. The van der Waals surface area contributed by atoms with Crippen LogP contribution in [0.5, 0.6) is 0 Å². The average molecular weight is 274 g/mol. The fourth-order valence-corrected chi connectivity index (χ4v) is 2.93. The standard InChI is InChI=1S/C18H30N2/c1-17(2,3)14-9-7-8-10-15(14)20-12-11-19-16(13-20)18(4,5)6/h7-10,16,19H,11-13H2,1-6H3. The second-order valence-electron chi connectivity index (χ2n) is 8.09. The first-order chi connectivity index (χ1) is 9.19. The molecule has 2 nitrogen and oxygen atoms in total. The third-order valence-corrected chi connectivity index (χ3v) is 4.27. The Morgan fingerprint density at radius 2 is 1.70 bits per heavy atom. The maximum atomic E-state index is 3.68. The largest absolute Gasteiger partial charge is 0.368 e. The van der Waals surface area contributed by atoms with Gasteiger partial charge in [0.05, 0.1) is 0 Å². The lowest BCUT2D eigenvalue weighted by atomic mass is 9.83. The topological polar surface area (TPSA) is 15.3 Å². The summed E-state index contributed by atoms with van der Waals surface area (Å²) >= 11 is 0. The molecule has 1 aliphatic rings. The Morgan fingerprint density at radius 3 is 2.30 bits per heavy atom. The van der Waals surface area contributed by atoms with E-state index in [1.165, 1.54) is 11.3 Å². The Labute approximate surface area is 124 Å². The molecule has 0 radical (unpaired) electrons. The summed E-state index contributed by atoms with van der Waals surface area (Å²) < 4.78 is 0. The third kappa shape index (κ3) is 3.35. The number of rotatable bonds is 1. The zero-order valence-electron chi connectivity index (χ0n) is 14.0. The number of nitrogens with one attached hydrogen (secondary N) is 1. The Balaban J connectivity index is 2.28. The zero-order valence-corrected chi connectivity index (χ0v) is 14.0. The minimum absolute atomic E-state index is 0.193. The van der Waals surface area contributed by atoms with Crippen LogP contribution in [0.2, 0.25) is 0 Å². The highest BCUT2D eigenvalue weighted by atomic mass is 15.2. The van der Waals surface area contributed by atoms with Gasteiger partial charge in [-0.2, -0.15) is 0 Å². The lowest BCUT2D eigenvalue weighted by Gasteiger charge is -2.43. The monoisotopic (exact) mass is 274 g/mol. The van der Waals surface area contributed by atoms with Crippen LogP contribution in [-0.4, -0.2) is 25.7 Å². The van der Waals surface area contributed by atoms with Gasteiger partial charge in [-0.1, -0.05) is 59.7 Å². The summed E-state index contributed by atoms with van der Waals surface area (Å²) in [4.78, 5) is 2.56. The minimum atomic E-state index is 0.193. The Morgan fingerprint density at radius 1 is 1.05 bits per heavy atom. The molecule has 1 aromatic carbocycles. The molecule has 0 saturated carbocycles. The quantitative estimate of drug-likeness (QED) is 0.838. The van der Waals surface area contributed by atoms with Crippen molar-refractivity contribution in [1.29, 1.82) is 0 Å². The summed E-state index contributed by atoms with van der Waals surface area (Å²) in [6.07, 6.45) is 0. The molecule has 0 amide bonds. The van der Waals surface area contributed by atoms with Gasteiger partial charge in [0.1, 0.15) is 0 Å². The zero-order chi connectivity index (χ0) is 15.0. The van der Waals surface area contributed by atoms with Crippen molar-refractivity contribution in [2.75, 3.05) is 24.5 Å². The molecular formula is C18H30N2. The van der Waals surface area contributed by atoms with Crippen molar-refractivity contribution < 1.29 is 0 Å². The molecule has 0 bridgehead atoms. The molecule has 1 N–H and O–H groups in total. The molecule has 1 aromatic rings. The second-order valence-corrected chi connectivity index (χ2v) is 8.09. The summed E-state index contributed by atoms with van der Waals surface area (Å²) in [7, 11) is 0. The summed E-state index contributed by atoms with van der Waals surface area (Å²) in [6, 6.07) is 9.44. The Bertz CT molecular complexity index is 451. The smallest absolute Gasteiger partial charge is 0.0405 e. The molecule has 1 heterocycles. The van der Waals surface area contributed by atoms with Gasteiger partial charge in [0.2, 0.25) is 0 Å². The average Bonchev–Trinajstić information content (AvgIpc) is 2.37. The van der Waals surface area contributed by atoms with Crippen LogP contribution >= 0.6 is 0 Å². The lowest BCUT2D eigenvalue weighted by Crippen LogP contribution is -2.56. The van der Waals surface area contributed by atoms with E-state index in [1.807, 2.05) is 0 Å². The Hall–Kier alpha value is -1.02. The minimum Gasteiger partial charge on any atom is -0.368 e. The van der Waals surface area contributed by atoms with Crippen LogP contribution in [0.1, 0.15) is 47.1 Å². The maximum absolute atomic E-state index is 3.68. The molecule has 0 aliphatic carbocycles. The van der Waals surface area contributed by atoms with Gasteiger partial charge in [-0.05, 0) is 22.5 Å². The van der Waals surface area contributed by atoms with Crippen molar-refractivity contribution in [2.45, 2.75) is 53.0 Å². The molecule has 1 unspecified atom stereocenters. The number of nitrogens with zero attached hydrogens (tertiary/aromatic N) is 1. The van der Waals surface area contributed by atoms with Crippen molar-refractivity contribution >= 4 is 5.69 Å². The fourth-order valence-electron chi connectivity index (χ4n) is 2.93. The molecule has 2 heteroatoms. The van der Waals surface area contributed by atoms with Crippen molar-refractivity contribution in [1.82, 2.24) is 5.32 Å². The van der Waals surface area contributed by atoms with Gasteiger partial charge in [-0.3, -0.25) is 0 Å². The second kappa shape index (κ2) is 5.40. The molecular weight excluding hydrogens is 244 g/mol. The number of piperazine rings is 1. The number of benzene rings is 1. The molecule has 0 aromatic heterocycles. The van der Waals surface area contributed by atoms with Crippen LogP contribution in [0.3, 0.4) is 0 Å². The molecule has 112 valence electrons. The molecule has 20 heavy (non-hydrogen) atoms. The maximum Gasteiger partial charge on any atom is 0.0405 e. The van der Waals surface area contributed by atoms with E-state index in [0.717, 1.165) is 19.6 Å². The predicted octanol–water partition coefficient (Wildman–Crippen LogP) is 3.81.